The number of amides is 1. The highest BCUT2D eigenvalue weighted by molar-refractivity contribution is 9.10. The summed E-state index contributed by atoms with van der Waals surface area (Å²) in [5.41, 5.74) is 1.06. The number of nitrogens with zero attached hydrogens (tertiary/aromatic N) is 1. The molecule has 1 amide bonds. The summed E-state index contributed by atoms with van der Waals surface area (Å²) in [6.45, 7) is 3.66. The standard InChI is InChI=1S/C14H16BrF2NO2/c1-3-20-11-5-4-10(15)12(9(11)2)13(19)18-7-6-14(16,17)8-18/h4-5H,3,6-8H2,1-2H3. The molecule has 110 valence electrons. The fourth-order valence-corrected chi connectivity index (χ4v) is 2.90. The van der Waals surface area contributed by atoms with Crippen molar-refractivity contribution >= 4 is 21.8 Å². The number of carbonyl (C=O) groups is 1. The minimum absolute atomic E-state index is 0.0799. The summed E-state index contributed by atoms with van der Waals surface area (Å²) >= 11 is 3.32. The Labute approximate surface area is 125 Å². The van der Waals surface area contributed by atoms with Crippen molar-refractivity contribution < 1.29 is 18.3 Å². The topological polar surface area (TPSA) is 29.5 Å². The van der Waals surface area contributed by atoms with Gasteiger partial charge in [-0.3, -0.25) is 4.79 Å². The van der Waals surface area contributed by atoms with Gasteiger partial charge >= 0.3 is 0 Å². The Morgan fingerprint density at radius 1 is 1.50 bits per heavy atom. The van der Waals surface area contributed by atoms with Crippen molar-refractivity contribution in [2.45, 2.75) is 26.2 Å². The van der Waals surface area contributed by atoms with Crippen LogP contribution in [0, 0.1) is 6.92 Å². The summed E-state index contributed by atoms with van der Waals surface area (Å²) in [7, 11) is 0. The summed E-state index contributed by atoms with van der Waals surface area (Å²) in [5, 5.41) is 0. The molecule has 0 unspecified atom stereocenters. The Bertz CT molecular complexity index is 534. The van der Waals surface area contributed by atoms with E-state index in [0.717, 1.165) is 0 Å². The first kappa shape index (κ1) is 15.2. The predicted molar refractivity (Wildman–Crippen MR) is 75.5 cm³/mol. The summed E-state index contributed by atoms with van der Waals surface area (Å²) in [5.74, 6) is -2.56. The monoisotopic (exact) mass is 347 g/mol. The minimum Gasteiger partial charge on any atom is -0.494 e. The van der Waals surface area contributed by atoms with Crippen LogP contribution in [0.1, 0.15) is 29.3 Å². The Morgan fingerprint density at radius 2 is 2.20 bits per heavy atom. The maximum Gasteiger partial charge on any atom is 0.267 e. The lowest BCUT2D eigenvalue weighted by Gasteiger charge is -2.19. The first-order valence-corrected chi connectivity index (χ1v) is 7.24. The minimum atomic E-state index is -2.78. The molecule has 1 aliphatic rings. The number of carbonyl (C=O) groups excluding carboxylic acids is 1. The largest absolute Gasteiger partial charge is 0.494 e. The van der Waals surface area contributed by atoms with Gasteiger partial charge < -0.3 is 9.64 Å². The van der Waals surface area contributed by atoms with Gasteiger partial charge in [-0.15, -0.1) is 0 Å². The van der Waals surface area contributed by atoms with Crippen molar-refractivity contribution in [1.29, 1.82) is 0 Å². The number of benzene rings is 1. The Balaban J connectivity index is 2.32. The molecule has 1 fully saturated rings. The van der Waals surface area contributed by atoms with Crippen molar-refractivity contribution in [2.75, 3.05) is 19.7 Å². The zero-order valence-corrected chi connectivity index (χ0v) is 13.0. The van der Waals surface area contributed by atoms with E-state index in [1.54, 1.807) is 19.1 Å². The second-order valence-corrected chi connectivity index (χ2v) is 5.67. The number of hydrogen-bond donors (Lipinski definition) is 0. The second-order valence-electron chi connectivity index (χ2n) is 4.81. The molecule has 0 radical (unpaired) electrons. The van der Waals surface area contributed by atoms with Crippen LogP contribution in [0.15, 0.2) is 16.6 Å². The number of hydrogen-bond acceptors (Lipinski definition) is 2. The van der Waals surface area contributed by atoms with Gasteiger partial charge in [0.15, 0.2) is 0 Å². The zero-order chi connectivity index (χ0) is 14.9. The number of halogens is 3. The lowest BCUT2D eigenvalue weighted by molar-refractivity contribution is 0.0120. The van der Waals surface area contributed by atoms with Gasteiger partial charge in [-0.1, -0.05) is 0 Å². The SMILES string of the molecule is CCOc1ccc(Br)c(C(=O)N2CCC(F)(F)C2)c1C. The maximum atomic E-state index is 13.2. The van der Waals surface area contributed by atoms with Crippen LogP contribution in [-0.4, -0.2) is 36.4 Å². The fourth-order valence-electron chi connectivity index (χ4n) is 2.30. The van der Waals surface area contributed by atoms with Gasteiger partial charge in [0.1, 0.15) is 5.75 Å². The molecule has 0 spiro atoms. The van der Waals surface area contributed by atoms with Crippen molar-refractivity contribution in [2.24, 2.45) is 0 Å². The zero-order valence-electron chi connectivity index (χ0n) is 11.4. The van der Waals surface area contributed by atoms with Gasteiger partial charge in [-0.2, -0.15) is 0 Å². The van der Waals surface area contributed by atoms with Crippen LogP contribution in [0.5, 0.6) is 5.75 Å². The molecule has 6 heteroatoms. The molecule has 3 nitrogen and oxygen atoms in total. The van der Waals surface area contributed by atoms with Gasteiger partial charge in [0.25, 0.3) is 11.8 Å². The molecule has 1 heterocycles. The highest BCUT2D eigenvalue weighted by Gasteiger charge is 2.41. The summed E-state index contributed by atoms with van der Waals surface area (Å²) in [6.07, 6.45) is -0.277. The summed E-state index contributed by atoms with van der Waals surface area (Å²) in [6, 6.07) is 3.47. The van der Waals surface area contributed by atoms with Crippen molar-refractivity contribution in [3.63, 3.8) is 0 Å². The molecule has 0 N–H and O–H groups in total. The summed E-state index contributed by atoms with van der Waals surface area (Å²) < 4.78 is 32.5. The van der Waals surface area contributed by atoms with Crippen LogP contribution in [0.4, 0.5) is 8.78 Å². The van der Waals surface area contributed by atoms with E-state index in [4.69, 9.17) is 4.74 Å². The number of likely N-dealkylation sites (tertiary alicyclic amines) is 1. The van der Waals surface area contributed by atoms with Crippen molar-refractivity contribution in [1.82, 2.24) is 4.90 Å². The third kappa shape index (κ3) is 2.95. The molecule has 0 aromatic heterocycles. The first-order chi connectivity index (χ1) is 9.35. The van der Waals surface area contributed by atoms with Gasteiger partial charge in [0.2, 0.25) is 0 Å². The first-order valence-electron chi connectivity index (χ1n) is 6.44. The number of rotatable bonds is 3. The van der Waals surface area contributed by atoms with Crippen LogP contribution in [-0.2, 0) is 0 Å². The van der Waals surface area contributed by atoms with E-state index in [2.05, 4.69) is 15.9 Å². The number of ether oxygens (including phenoxy) is 1. The van der Waals surface area contributed by atoms with Gasteiger partial charge in [-0.05, 0) is 41.9 Å². The average molecular weight is 348 g/mol. The smallest absolute Gasteiger partial charge is 0.267 e. The molecule has 1 aromatic rings. The van der Waals surface area contributed by atoms with Gasteiger partial charge in [0, 0.05) is 23.0 Å². The van der Waals surface area contributed by atoms with Gasteiger partial charge in [0.05, 0.1) is 18.7 Å². The Morgan fingerprint density at radius 3 is 2.75 bits per heavy atom. The van der Waals surface area contributed by atoms with E-state index < -0.39 is 12.5 Å². The molecule has 1 aromatic carbocycles. The molecule has 20 heavy (non-hydrogen) atoms. The van der Waals surface area contributed by atoms with E-state index in [1.165, 1.54) is 4.90 Å². The Hall–Kier alpha value is -1.17. The highest BCUT2D eigenvalue weighted by atomic mass is 79.9. The molecule has 1 aliphatic heterocycles. The molecular weight excluding hydrogens is 332 g/mol. The van der Waals surface area contributed by atoms with E-state index in [-0.39, 0.29) is 18.9 Å². The van der Waals surface area contributed by atoms with Crippen LogP contribution >= 0.6 is 15.9 Å². The molecule has 0 aliphatic carbocycles. The molecule has 1 saturated heterocycles. The van der Waals surface area contributed by atoms with Crippen LogP contribution < -0.4 is 4.74 Å². The normalized spacial score (nSPS) is 17.4. The van der Waals surface area contributed by atoms with Crippen LogP contribution in [0.3, 0.4) is 0 Å². The quantitative estimate of drug-likeness (QED) is 0.835. The lowest BCUT2D eigenvalue weighted by atomic mass is 10.1. The third-order valence-corrected chi connectivity index (χ3v) is 4.00. The van der Waals surface area contributed by atoms with E-state index in [1.807, 2.05) is 6.92 Å². The lowest BCUT2D eigenvalue weighted by Crippen LogP contribution is -2.32. The highest BCUT2D eigenvalue weighted by Crippen LogP contribution is 2.33. The van der Waals surface area contributed by atoms with E-state index >= 15 is 0 Å². The van der Waals surface area contributed by atoms with E-state index in [9.17, 15) is 13.6 Å². The number of alkyl halides is 2. The van der Waals surface area contributed by atoms with Gasteiger partial charge in [-0.25, -0.2) is 8.78 Å². The van der Waals surface area contributed by atoms with E-state index in [0.29, 0.717) is 28.0 Å². The van der Waals surface area contributed by atoms with Crippen LogP contribution in [0.25, 0.3) is 0 Å². The van der Waals surface area contributed by atoms with Crippen molar-refractivity contribution in [3.05, 3.63) is 27.7 Å². The maximum absolute atomic E-state index is 13.2. The molecule has 2 rings (SSSR count). The predicted octanol–water partition coefficient (Wildman–Crippen LogP) is 3.64. The second kappa shape index (κ2) is 5.68. The fraction of sp³-hybridized carbons (Fsp3) is 0.500. The average Bonchev–Trinajstić information content (AvgIpc) is 2.73. The molecular formula is C14H16BrF2NO2. The molecule has 0 saturated carbocycles. The molecule has 0 atom stereocenters. The van der Waals surface area contributed by atoms with Crippen molar-refractivity contribution in [3.8, 4) is 5.75 Å². The third-order valence-electron chi connectivity index (χ3n) is 3.34. The van der Waals surface area contributed by atoms with Crippen LogP contribution in [0.2, 0.25) is 0 Å². The Kier molecular flexibility index (Phi) is 4.32. The summed E-state index contributed by atoms with van der Waals surface area (Å²) in [4.78, 5) is 13.6. The molecule has 0 bridgehead atoms.